The number of amides is 2. The Hall–Kier alpha value is -1.31. The van der Waals surface area contributed by atoms with Gasteiger partial charge >= 0.3 is 6.03 Å². The van der Waals surface area contributed by atoms with Crippen LogP contribution in [0, 0.1) is 5.92 Å². The van der Waals surface area contributed by atoms with Gasteiger partial charge in [-0.2, -0.15) is 0 Å². The van der Waals surface area contributed by atoms with Gasteiger partial charge in [-0.1, -0.05) is 19.1 Å². The van der Waals surface area contributed by atoms with Crippen molar-refractivity contribution < 1.29 is 13.2 Å². The van der Waals surface area contributed by atoms with Gasteiger partial charge < -0.3 is 11.1 Å². The predicted octanol–water partition coefficient (Wildman–Crippen LogP) is 2.18. The van der Waals surface area contributed by atoms with Gasteiger partial charge in [-0.25, -0.2) is 17.9 Å². The summed E-state index contributed by atoms with van der Waals surface area (Å²) in [6.45, 7) is 2.70. The standard InChI is InChI=1S/C16H25N3O3S.ClH/c1-12-2-6-14(7-3-12)18-16(20)19-23(21,22)15-8-4-13(5-9-15)10-11-17;/h4-5,8-9,12,14H,2-3,6-7,10-11,17H2,1H3,(H2,18,19,20);1H. The van der Waals surface area contributed by atoms with E-state index in [9.17, 15) is 13.2 Å². The molecule has 8 heteroatoms. The van der Waals surface area contributed by atoms with Crippen LogP contribution in [0.15, 0.2) is 29.2 Å². The number of hydrogen-bond acceptors (Lipinski definition) is 4. The zero-order valence-electron chi connectivity index (χ0n) is 13.8. The molecule has 1 aromatic rings. The van der Waals surface area contributed by atoms with E-state index in [1.807, 2.05) is 0 Å². The lowest BCUT2D eigenvalue weighted by Gasteiger charge is -2.26. The van der Waals surface area contributed by atoms with Gasteiger partial charge in [0.15, 0.2) is 0 Å². The highest BCUT2D eigenvalue weighted by Gasteiger charge is 2.22. The summed E-state index contributed by atoms with van der Waals surface area (Å²) in [5, 5.41) is 2.75. The summed E-state index contributed by atoms with van der Waals surface area (Å²) < 4.78 is 26.5. The van der Waals surface area contributed by atoms with Crippen LogP contribution in [0.5, 0.6) is 0 Å². The van der Waals surface area contributed by atoms with E-state index in [0.29, 0.717) is 18.9 Å². The first-order valence-electron chi connectivity index (χ1n) is 8.03. The first kappa shape index (κ1) is 20.7. The molecule has 6 nitrogen and oxygen atoms in total. The highest BCUT2D eigenvalue weighted by molar-refractivity contribution is 7.90. The SMILES string of the molecule is CC1CCC(NC(=O)NS(=O)(=O)c2ccc(CCN)cc2)CC1.Cl. The zero-order valence-corrected chi connectivity index (χ0v) is 15.5. The van der Waals surface area contributed by atoms with Crippen LogP contribution >= 0.6 is 12.4 Å². The molecule has 2 amide bonds. The molecule has 24 heavy (non-hydrogen) atoms. The van der Waals surface area contributed by atoms with Gasteiger partial charge in [0, 0.05) is 6.04 Å². The minimum Gasteiger partial charge on any atom is -0.335 e. The van der Waals surface area contributed by atoms with E-state index in [1.54, 1.807) is 12.1 Å². The van der Waals surface area contributed by atoms with E-state index >= 15 is 0 Å². The number of hydrogen-bond donors (Lipinski definition) is 3. The number of halogens is 1. The fourth-order valence-corrected chi connectivity index (χ4v) is 3.72. The Kier molecular flexibility index (Phi) is 7.99. The molecule has 0 aromatic heterocycles. The minimum atomic E-state index is -3.85. The average Bonchev–Trinajstić information content (AvgIpc) is 2.50. The molecule has 0 atom stereocenters. The lowest BCUT2D eigenvalue weighted by Crippen LogP contribution is -2.45. The molecule has 1 fully saturated rings. The Labute approximate surface area is 150 Å². The van der Waals surface area contributed by atoms with Crippen LogP contribution in [0.3, 0.4) is 0 Å². The van der Waals surface area contributed by atoms with Crippen molar-refractivity contribution in [1.82, 2.24) is 10.0 Å². The van der Waals surface area contributed by atoms with E-state index in [2.05, 4.69) is 17.0 Å². The second-order valence-electron chi connectivity index (χ2n) is 6.22. The molecule has 136 valence electrons. The van der Waals surface area contributed by atoms with Crippen LogP contribution in [0.2, 0.25) is 0 Å². The van der Waals surface area contributed by atoms with Crippen LogP contribution < -0.4 is 15.8 Å². The fourth-order valence-electron chi connectivity index (χ4n) is 2.80. The molecular weight excluding hydrogens is 350 g/mol. The number of nitrogens with one attached hydrogen (secondary N) is 2. The number of benzene rings is 1. The molecule has 1 aromatic carbocycles. The highest BCUT2D eigenvalue weighted by Crippen LogP contribution is 2.23. The molecule has 0 bridgehead atoms. The third-order valence-corrected chi connectivity index (χ3v) is 5.59. The smallest absolute Gasteiger partial charge is 0.328 e. The molecule has 0 aliphatic heterocycles. The molecule has 0 spiro atoms. The van der Waals surface area contributed by atoms with E-state index < -0.39 is 16.1 Å². The molecular formula is C16H26ClN3O3S. The van der Waals surface area contributed by atoms with E-state index in [-0.39, 0.29) is 23.3 Å². The van der Waals surface area contributed by atoms with Crippen molar-refractivity contribution in [3.8, 4) is 0 Å². The highest BCUT2D eigenvalue weighted by atomic mass is 35.5. The minimum absolute atomic E-state index is 0. The van der Waals surface area contributed by atoms with Crippen molar-refractivity contribution in [2.24, 2.45) is 11.7 Å². The average molecular weight is 376 g/mol. The summed E-state index contributed by atoms with van der Waals surface area (Å²) in [6, 6.07) is 5.79. The van der Waals surface area contributed by atoms with Crippen molar-refractivity contribution in [2.75, 3.05) is 6.54 Å². The summed E-state index contributed by atoms with van der Waals surface area (Å²) in [7, 11) is -3.85. The normalized spacial score (nSPS) is 20.8. The second-order valence-corrected chi connectivity index (χ2v) is 7.90. The second kappa shape index (κ2) is 9.25. The number of carbonyl (C=O) groups excluding carboxylic acids is 1. The molecule has 0 radical (unpaired) electrons. The predicted molar refractivity (Wildman–Crippen MR) is 96.7 cm³/mol. The summed E-state index contributed by atoms with van der Waals surface area (Å²) in [5.41, 5.74) is 6.43. The summed E-state index contributed by atoms with van der Waals surface area (Å²) in [4.78, 5) is 12.0. The molecule has 1 aliphatic carbocycles. The molecule has 0 unspecified atom stereocenters. The molecule has 1 aliphatic rings. The van der Waals surface area contributed by atoms with E-state index in [0.717, 1.165) is 31.2 Å². The van der Waals surface area contributed by atoms with Gasteiger partial charge in [-0.15, -0.1) is 12.4 Å². The number of carbonyl (C=O) groups is 1. The lowest BCUT2D eigenvalue weighted by molar-refractivity contribution is 0.233. The van der Waals surface area contributed by atoms with Crippen molar-refractivity contribution in [1.29, 1.82) is 0 Å². The Morgan fingerprint density at radius 3 is 2.29 bits per heavy atom. The van der Waals surface area contributed by atoms with Crippen molar-refractivity contribution in [3.63, 3.8) is 0 Å². The Balaban J connectivity index is 0.00000288. The van der Waals surface area contributed by atoms with Gasteiger partial charge in [0.05, 0.1) is 4.90 Å². The number of rotatable bonds is 5. The van der Waals surface area contributed by atoms with Crippen LogP contribution in [0.25, 0.3) is 0 Å². The molecule has 0 saturated heterocycles. The molecule has 2 rings (SSSR count). The maximum Gasteiger partial charge on any atom is 0.328 e. The maximum absolute atomic E-state index is 12.2. The number of urea groups is 1. The van der Waals surface area contributed by atoms with Crippen molar-refractivity contribution >= 4 is 28.5 Å². The largest absolute Gasteiger partial charge is 0.335 e. The fraction of sp³-hybridized carbons (Fsp3) is 0.562. The summed E-state index contributed by atoms with van der Waals surface area (Å²) in [6.07, 6.45) is 4.58. The topological polar surface area (TPSA) is 101 Å². The van der Waals surface area contributed by atoms with Crippen LogP contribution in [-0.2, 0) is 16.4 Å². The van der Waals surface area contributed by atoms with Crippen LogP contribution in [0.4, 0.5) is 4.79 Å². The van der Waals surface area contributed by atoms with Crippen LogP contribution in [-0.4, -0.2) is 27.0 Å². The van der Waals surface area contributed by atoms with Crippen molar-refractivity contribution in [2.45, 2.75) is 50.0 Å². The Morgan fingerprint density at radius 1 is 1.17 bits per heavy atom. The zero-order chi connectivity index (χ0) is 16.9. The third-order valence-electron chi connectivity index (χ3n) is 4.24. The van der Waals surface area contributed by atoms with E-state index in [4.69, 9.17) is 5.73 Å². The summed E-state index contributed by atoms with van der Waals surface area (Å²) in [5.74, 6) is 0.673. The monoisotopic (exact) mass is 375 g/mol. The van der Waals surface area contributed by atoms with E-state index in [1.165, 1.54) is 12.1 Å². The quantitative estimate of drug-likeness (QED) is 0.734. The molecule has 0 heterocycles. The van der Waals surface area contributed by atoms with Crippen LogP contribution in [0.1, 0.15) is 38.2 Å². The molecule has 4 N–H and O–H groups in total. The first-order chi connectivity index (χ1) is 10.9. The van der Waals surface area contributed by atoms with Gasteiger partial charge in [0.25, 0.3) is 10.0 Å². The lowest BCUT2D eigenvalue weighted by atomic mass is 9.87. The first-order valence-corrected chi connectivity index (χ1v) is 9.51. The maximum atomic E-state index is 12.2. The van der Waals surface area contributed by atoms with Gasteiger partial charge in [-0.05, 0) is 62.3 Å². The number of sulfonamides is 1. The molecule has 1 saturated carbocycles. The van der Waals surface area contributed by atoms with Gasteiger partial charge in [-0.3, -0.25) is 0 Å². The Morgan fingerprint density at radius 2 is 1.75 bits per heavy atom. The summed E-state index contributed by atoms with van der Waals surface area (Å²) >= 11 is 0. The van der Waals surface area contributed by atoms with Gasteiger partial charge in [0.2, 0.25) is 0 Å². The number of nitrogens with two attached hydrogens (primary N) is 1. The van der Waals surface area contributed by atoms with Gasteiger partial charge in [0.1, 0.15) is 0 Å². The van der Waals surface area contributed by atoms with Crippen molar-refractivity contribution in [3.05, 3.63) is 29.8 Å². The third kappa shape index (κ3) is 5.96. The Bertz CT molecular complexity index is 626.